The van der Waals surface area contributed by atoms with Crippen LogP contribution in [-0.4, -0.2) is 66.2 Å². The number of carbonyl (C=O) groups is 3. The number of benzene rings is 2. The average Bonchev–Trinajstić information content (AvgIpc) is 3.48. The predicted octanol–water partition coefficient (Wildman–Crippen LogP) is 2.97. The summed E-state index contributed by atoms with van der Waals surface area (Å²) in [6.07, 6.45) is 0.857. The highest BCUT2D eigenvalue weighted by molar-refractivity contribution is 8.00. The topological polar surface area (TPSA) is 97.4 Å². The van der Waals surface area contributed by atoms with Crippen molar-refractivity contribution in [2.75, 3.05) is 43.8 Å². The van der Waals surface area contributed by atoms with Gasteiger partial charge in [0, 0.05) is 18.1 Å². The molecule has 0 unspecified atom stereocenters. The van der Waals surface area contributed by atoms with E-state index in [0.717, 1.165) is 5.56 Å². The van der Waals surface area contributed by atoms with E-state index in [-0.39, 0.29) is 42.4 Å². The van der Waals surface area contributed by atoms with Gasteiger partial charge >= 0.3 is 0 Å². The molecule has 2 heterocycles. The first-order valence-electron chi connectivity index (χ1n) is 10.6. The molecule has 34 heavy (non-hydrogen) atoms. The van der Waals surface area contributed by atoms with E-state index >= 15 is 0 Å². The van der Waals surface area contributed by atoms with Gasteiger partial charge in [0.1, 0.15) is 5.75 Å². The van der Waals surface area contributed by atoms with Crippen LogP contribution in [0, 0.1) is 0 Å². The maximum absolute atomic E-state index is 12.9. The Hall–Kier alpha value is -3.11. The number of hydrogen-bond acceptors (Lipinski definition) is 7. The summed E-state index contributed by atoms with van der Waals surface area (Å²) in [5, 5.41) is 6.17. The molecule has 1 N–H and O–H groups in total. The van der Waals surface area contributed by atoms with Gasteiger partial charge in [0.25, 0.3) is 5.91 Å². The van der Waals surface area contributed by atoms with E-state index in [1.807, 2.05) is 6.07 Å². The molecular weight excluding hydrogens is 482 g/mol. The van der Waals surface area contributed by atoms with Crippen molar-refractivity contribution in [1.82, 2.24) is 10.0 Å². The summed E-state index contributed by atoms with van der Waals surface area (Å²) in [5.74, 6) is 1.25. The van der Waals surface area contributed by atoms with Crippen LogP contribution in [0.2, 0.25) is 5.02 Å². The van der Waals surface area contributed by atoms with E-state index in [1.165, 1.54) is 28.9 Å². The zero-order valence-electron chi connectivity index (χ0n) is 18.5. The number of carbonyl (C=O) groups excluding carboxylic acids is 3. The number of anilines is 1. The Morgan fingerprint density at radius 3 is 2.59 bits per heavy atom. The summed E-state index contributed by atoms with van der Waals surface area (Å²) in [4.78, 5) is 37.9. The highest BCUT2D eigenvalue weighted by Gasteiger charge is 2.30. The second-order valence-corrected chi connectivity index (χ2v) is 9.06. The van der Waals surface area contributed by atoms with Crippen LogP contribution < -0.4 is 19.5 Å². The van der Waals surface area contributed by atoms with Gasteiger partial charge in [-0.3, -0.25) is 24.4 Å². The molecule has 1 saturated heterocycles. The van der Waals surface area contributed by atoms with Crippen LogP contribution in [0.15, 0.2) is 36.4 Å². The second kappa shape index (κ2) is 10.9. The molecule has 0 saturated carbocycles. The zero-order valence-corrected chi connectivity index (χ0v) is 20.1. The monoisotopic (exact) mass is 505 g/mol. The van der Waals surface area contributed by atoms with Crippen molar-refractivity contribution < 1.29 is 28.6 Å². The molecule has 9 nitrogen and oxygen atoms in total. The minimum atomic E-state index is -0.282. The zero-order chi connectivity index (χ0) is 24.1. The first kappa shape index (κ1) is 24.0. The molecule has 4 rings (SSSR count). The highest BCUT2D eigenvalue weighted by atomic mass is 35.5. The third-order valence-corrected chi connectivity index (χ3v) is 6.45. The first-order chi connectivity index (χ1) is 16.4. The third kappa shape index (κ3) is 5.68. The van der Waals surface area contributed by atoms with Crippen LogP contribution in [0.3, 0.4) is 0 Å². The van der Waals surface area contributed by atoms with Crippen molar-refractivity contribution in [2.45, 2.75) is 12.8 Å². The van der Waals surface area contributed by atoms with Crippen LogP contribution >= 0.6 is 23.4 Å². The van der Waals surface area contributed by atoms with Crippen molar-refractivity contribution in [3.63, 3.8) is 0 Å². The Bertz CT molecular complexity index is 1100. The van der Waals surface area contributed by atoms with Crippen molar-refractivity contribution in [2.24, 2.45) is 0 Å². The number of halogens is 1. The molecular formula is C23H24ClN3O6S. The molecule has 0 atom stereocenters. The number of fused-ring (bicyclic) bond motifs is 1. The number of rotatable bonds is 8. The van der Waals surface area contributed by atoms with E-state index in [0.29, 0.717) is 47.5 Å². The molecule has 2 aromatic rings. The summed E-state index contributed by atoms with van der Waals surface area (Å²) in [7, 11) is 1.50. The molecule has 0 bridgehead atoms. The van der Waals surface area contributed by atoms with Gasteiger partial charge in [-0.15, -0.1) is 11.8 Å². The molecule has 3 amide bonds. The van der Waals surface area contributed by atoms with Crippen molar-refractivity contribution in [3.05, 3.63) is 47.0 Å². The molecule has 1 fully saturated rings. The van der Waals surface area contributed by atoms with Crippen molar-refractivity contribution in [3.8, 4) is 17.2 Å². The minimum Gasteiger partial charge on any atom is -0.495 e. The van der Waals surface area contributed by atoms with Gasteiger partial charge in [-0.05, 0) is 42.3 Å². The Morgan fingerprint density at radius 1 is 1.03 bits per heavy atom. The Labute approximate surface area is 206 Å². The summed E-state index contributed by atoms with van der Waals surface area (Å²) in [5.41, 5.74) is 1.25. The minimum absolute atomic E-state index is 0.0698. The summed E-state index contributed by atoms with van der Waals surface area (Å²) in [6, 6.07) is 10.3. The van der Waals surface area contributed by atoms with E-state index in [4.69, 9.17) is 25.8 Å². The fourth-order valence-corrected chi connectivity index (χ4v) is 4.57. The predicted molar refractivity (Wildman–Crippen MR) is 128 cm³/mol. The van der Waals surface area contributed by atoms with Gasteiger partial charge in [0.2, 0.25) is 18.6 Å². The molecule has 0 aliphatic carbocycles. The van der Waals surface area contributed by atoms with Gasteiger partial charge < -0.3 is 19.5 Å². The average molecular weight is 506 g/mol. The molecule has 0 aromatic heterocycles. The lowest BCUT2D eigenvalue weighted by atomic mass is 10.1. The van der Waals surface area contributed by atoms with E-state index < -0.39 is 0 Å². The van der Waals surface area contributed by atoms with Gasteiger partial charge in [-0.2, -0.15) is 0 Å². The Balaban J connectivity index is 1.26. The molecule has 0 spiro atoms. The van der Waals surface area contributed by atoms with E-state index in [1.54, 1.807) is 30.3 Å². The SMILES string of the molecule is COc1ccc(Cl)cc1NC(=O)CSCC(=O)N1CCCN1C(=O)Cc1ccc2c(c1)OCO2. The Kier molecular flexibility index (Phi) is 7.69. The third-order valence-electron chi connectivity index (χ3n) is 5.29. The fourth-order valence-electron chi connectivity index (χ4n) is 3.72. The van der Waals surface area contributed by atoms with Crippen molar-refractivity contribution in [1.29, 1.82) is 0 Å². The number of hydrogen-bond donors (Lipinski definition) is 1. The Morgan fingerprint density at radius 2 is 1.79 bits per heavy atom. The molecule has 2 aliphatic rings. The maximum atomic E-state index is 12.9. The molecule has 180 valence electrons. The number of nitrogens with zero attached hydrogens (tertiary/aromatic N) is 2. The van der Waals surface area contributed by atoms with E-state index in [2.05, 4.69) is 5.32 Å². The van der Waals surface area contributed by atoms with Crippen molar-refractivity contribution >= 4 is 46.8 Å². The summed E-state index contributed by atoms with van der Waals surface area (Å²) < 4.78 is 15.9. The molecule has 2 aliphatic heterocycles. The first-order valence-corrected chi connectivity index (χ1v) is 12.2. The highest BCUT2D eigenvalue weighted by Crippen LogP contribution is 2.33. The summed E-state index contributed by atoms with van der Waals surface area (Å²) >= 11 is 7.16. The lowest BCUT2D eigenvalue weighted by Crippen LogP contribution is -2.46. The quantitative estimate of drug-likeness (QED) is 0.589. The smallest absolute Gasteiger partial charge is 0.251 e. The van der Waals surface area contributed by atoms with Crippen LogP contribution in [0.5, 0.6) is 17.2 Å². The number of hydrazine groups is 1. The number of amides is 3. The van der Waals surface area contributed by atoms with E-state index in [9.17, 15) is 14.4 Å². The second-order valence-electron chi connectivity index (χ2n) is 7.64. The van der Waals surface area contributed by atoms with Crippen LogP contribution in [-0.2, 0) is 20.8 Å². The number of thioether (sulfide) groups is 1. The molecule has 11 heteroatoms. The largest absolute Gasteiger partial charge is 0.495 e. The number of ether oxygens (including phenoxy) is 3. The van der Waals surface area contributed by atoms with Crippen LogP contribution in [0.4, 0.5) is 5.69 Å². The normalized spacial score (nSPS) is 14.3. The number of nitrogens with one attached hydrogen (secondary N) is 1. The molecule has 2 aromatic carbocycles. The van der Waals surface area contributed by atoms with Gasteiger partial charge in [-0.25, -0.2) is 0 Å². The van der Waals surface area contributed by atoms with Gasteiger partial charge in [0.15, 0.2) is 11.5 Å². The van der Waals surface area contributed by atoms with Crippen LogP contribution in [0.25, 0.3) is 0 Å². The van der Waals surface area contributed by atoms with Crippen LogP contribution in [0.1, 0.15) is 12.0 Å². The lowest BCUT2D eigenvalue weighted by Gasteiger charge is -2.28. The fraction of sp³-hybridized carbons (Fsp3) is 0.348. The standard InChI is InChI=1S/C23H24ClN3O6S/c1-31-18-6-4-16(24)11-17(18)25-21(28)12-34-13-23(30)27-8-2-7-26(27)22(29)10-15-3-5-19-20(9-15)33-14-32-19/h3-6,9,11H,2,7-8,10,12-14H2,1H3,(H,25,28). The van der Waals surface area contributed by atoms with Gasteiger partial charge in [0.05, 0.1) is 30.7 Å². The maximum Gasteiger partial charge on any atom is 0.251 e. The molecule has 0 radical (unpaired) electrons. The number of methoxy groups -OCH3 is 1. The lowest BCUT2D eigenvalue weighted by molar-refractivity contribution is -0.155. The summed E-state index contributed by atoms with van der Waals surface area (Å²) in [6.45, 7) is 1.12. The van der Waals surface area contributed by atoms with Gasteiger partial charge in [-0.1, -0.05) is 17.7 Å².